The number of aromatic amines is 1. The Morgan fingerprint density at radius 1 is 0.791 bits per heavy atom. The van der Waals surface area contributed by atoms with Gasteiger partial charge >= 0.3 is 6.09 Å². The fourth-order valence-electron chi connectivity index (χ4n) is 7.15. The van der Waals surface area contributed by atoms with Gasteiger partial charge in [-0.2, -0.15) is 9.10 Å². The molecule has 352 valence electrons. The Kier molecular flexibility index (Phi) is 14.2. The van der Waals surface area contributed by atoms with E-state index in [1.807, 2.05) is 12.1 Å². The van der Waals surface area contributed by atoms with Crippen molar-refractivity contribution in [2.75, 3.05) is 33.6 Å². The van der Waals surface area contributed by atoms with Crippen LogP contribution < -0.4 is 30.0 Å². The molecule has 5 aromatic carbocycles. The van der Waals surface area contributed by atoms with Crippen molar-refractivity contribution >= 4 is 43.1 Å². The van der Waals surface area contributed by atoms with Crippen molar-refractivity contribution in [3.63, 3.8) is 0 Å². The molecule has 0 fully saturated rings. The van der Waals surface area contributed by atoms with Crippen LogP contribution in [0.25, 0.3) is 33.5 Å². The fraction of sp³-hybridized carbons (Fsp3) is 0.283. The standard InChI is InChI=1S/C46H52N10O9S2/c1-29(49-45(57)65-46(2,3)4)25-48-66(58,59)39-24-23-36(37-9-8-10-38-41(37)51-44(47)50-38)40(43-52-54-56(53-43)28-32-15-21-35(64-7)22-16-32)42(39)67(60,61)55(26-30-11-17-33(62-5)18-12-30)27-31-13-19-34(63-6)20-14-31/h8-24,29,48H,25-28H2,1-7H3,(H,49,57)(H3,47,50,51)/t29-/m1/s1. The number of nitrogens with zero attached hydrogens (tertiary/aromatic N) is 6. The first-order chi connectivity index (χ1) is 31.9. The number of sulfonamides is 2. The lowest BCUT2D eigenvalue weighted by Crippen LogP contribution is -2.44. The number of carbonyl (C=O) groups is 1. The van der Waals surface area contributed by atoms with E-state index in [2.05, 4.69) is 30.3 Å². The minimum Gasteiger partial charge on any atom is -0.497 e. The van der Waals surface area contributed by atoms with Crippen molar-refractivity contribution in [1.82, 2.24) is 44.5 Å². The Bertz CT molecular complexity index is 3030. The molecule has 2 aromatic heterocycles. The number of hydrogen-bond donors (Lipinski definition) is 4. The molecule has 2 heterocycles. The van der Waals surface area contributed by atoms with Gasteiger partial charge in [0.15, 0.2) is 5.95 Å². The third-order valence-electron chi connectivity index (χ3n) is 10.4. The van der Waals surface area contributed by atoms with E-state index in [4.69, 9.17) is 29.8 Å². The van der Waals surface area contributed by atoms with Crippen LogP contribution in [-0.2, 0) is 44.4 Å². The van der Waals surface area contributed by atoms with Crippen molar-refractivity contribution in [2.24, 2.45) is 0 Å². The first kappa shape index (κ1) is 47.9. The van der Waals surface area contributed by atoms with E-state index in [0.29, 0.717) is 45.0 Å². The number of methoxy groups -OCH3 is 3. The molecule has 0 unspecified atom stereocenters. The Morgan fingerprint density at radius 3 is 1.91 bits per heavy atom. The molecule has 7 rings (SSSR count). The van der Waals surface area contributed by atoms with Crippen molar-refractivity contribution < 1.29 is 40.6 Å². The second kappa shape index (κ2) is 19.8. The molecule has 67 heavy (non-hydrogen) atoms. The maximum Gasteiger partial charge on any atom is 0.407 e. The lowest BCUT2D eigenvalue weighted by atomic mass is 9.98. The summed E-state index contributed by atoms with van der Waals surface area (Å²) < 4.78 is 87.0. The van der Waals surface area contributed by atoms with Crippen LogP contribution in [0.3, 0.4) is 0 Å². The molecule has 0 spiro atoms. The summed E-state index contributed by atoms with van der Waals surface area (Å²) in [6, 6.07) is 28.0. The molecule has 7 aromatic rings. The summed E-state index contributed by atoms with van der Waals surface area (Å²) >= 11 is 0. The number of nitrogens with one attached hydrogen (secondary N) is 3. The zero-order valence-corrected chi connectivity index (χ0v) is 39.6. The number of hydrogen-bond acceptors (Lipinski definition) is 14. The molecule has 0 aliphatic heterocycles. The van der Waals surface area contributed by atoms with Gasteiger partial charge in [-0.25, -0.2) is 31.3 Å². The Hall–Kier alpha value is -7.07. The average Bonchev–Trinajstić information content (AvgIpc) is 3.93. The molecule has 0 aliphatic carbocycles. The lowest BCUT2D eigenvalue weighted by molar-refractivity contribution is 0.0509. The molecule has 19 nitrogen and oxygen atoms in total. The number of nitrogen functional groups attached to an aromatic ring is 1. The summed E-state index contributed by atoms with van der Waals surface area (Å²) in [5, 5.41) is 16.1. The van der Waals surface area contributed by atoms with Crippen LogP contribution in [-0.4, -0.2) is 96.9 Å². The number of H-pyrrole nitrogens is 1. The van der Waals surface area contributed by atoms with E-state index < -0.39 is 47.6 Å². The minimum absolute atomic E-state index is 0.100. The van der Waals surface area contributed by atoms with E-state index >= 15 is 8.42 Å². The SMILES string of the molecule is COc1ccc(CN(Cc2ccc(OC)cc2)S(=O)(=O)c2c(S(=O)(=O)NC[C@@H](C)NC(=O)OC(C)(C)C)ccc(-c3cccc4[nH]c(N)nc34)c2-c2nnn(Cc3ccc(OC)cc3)n2)cc1. The number of imidazole rings is 1. The number of tetrazole rings is 1. The van der Waals surface area contributed by atoms with Crippen LogP contribution in [0.5, 0.6) is 17.2 Å². The number of rotatable bonds is 18. The van der Waals surface area contributed by atoms with Crippen LogP contribution in [0.1, 0.15) is 44.4 Å². The number of para-hydroxylation sites is 1. The Morgan fingerprint density at radius 2 is 1.36 bits per heavy atom. The largest absolute Gasteiger partial charge is 0.497 e. The number of benzene rings is 5. The molecule has 1 atom stereocenters. The minimum atomic E-state index is -4.96. The normalized spacial score (nSPS) is 12.5. The van der Waals surface area contributed by atoms with E-state index in [-0.39, 0.29) is 49.1 Å². The number of amides is 1. The third kappa shape index (κ3) is 11.3. The number of ether oxygens (including phenoxy) is 4. The second-order valence-electron chi connectivity index (χ2n) is 16.5. The summed E-state index contributed by atoms with van der Waals surface area (Å²) in [6.45, 7) is 6.01. The second-order valence-corrected chi connectivity index (χ2v) is 20.1. The first-order valence-electron chi connectivity index (χ1n) is 21.0. The molecular weight excluding hydrogens is 901 g/mol. The number of carbonyl (C=O) groups excluding carboxylic acids is 1. The van der Waals surface area contributed by atoms with Crippen LogP contribution in [0.2, 0.25) is 0 Å². The fourth-order valence-corrected chi connectivity index (χ4v) is 10.7. The highest BCUT2D eigenvalue weighted by Crippen LogP contribution is 2.43. The summed E-state index contributed by atoms with van der Waals surface area (Å²) in [5.74, 6) is 1.64. The lowest BCUT2D eigenvalue weighted by Gasteiger charge is -2.26. The van der Waals surface area contributed by atoms with E-state index in [1.165, 1.54) is 35.5 Å². The predicted octanol–water partition coefficient (Wildman–Crippen LogP) is 6.12. The van der Waals surface area contributed by atoms with Crippen molar-refractivity contribution in [3.05, 3.63) is 120 Å². The maximum atomic E-state index is 16.0. The van der Waals surface area contributed by atoms with Gasteiger partial charge in [-0.3, -0.25) is 0 Å². The van der Waals surface area contributed by atoms with Gasteiger partial charge in [0.1, 0.15) is 32.6 Å². The number of fused-ring (bicyclic) bond motifs is 1. The predicted molar refractivity (Wildman–Crippen MR) is 251 cm³/mol. The molecule has 5 N–H and O–H groups in total. The van der Waals surface area contributed by atoms with Crippen LogP contribution in [0.4, 0.5) is 10.7 Å². The Labute approximate surface area is 388 Å². The van der Waals surface area contributed by atoms with Crippen molar-refractivity contribution in [1.29, 1.82) is 0 Å². The van der Waals surface area contributed by atoms with Crippen molar-refractivity contribution in [2.45, 2.75) is 68.8 Å². The van der Waals surface area contributed by atoms with Gasteiger partial charge in [-0.1, -0.05) is 54.6 Å². The average molecular weight is 953 g/mol. The van der Waals surface area contributed by atoms with Gasteiger partial charge in [-0.05, 0) is 104 Å². The molecule has 0 radical (unpaired) electrons. The van der Waals surface area contributed by atoms with E-state index in [0.717, 1.165) is 5.56 Å². The number of anilines is 1. The molecule has 0 saturated carbocycles. The quantitative estimate of drug-likeness (QED) is 0.0757. The van der Waals surface area contributed by atoms with Crippen LogP contribution in [0.15, 0.2) is 113 Å². The summed E-state index contributed by atoms with van der Waals surface area (Å²) in [6.07, 6.45) is -0.765. The summed E-state index contributed by atoms with van der Waals surface area (Å²) in [7, 11) is -5.13. The highest BCUT2D eigenvalue weighted by molar-refractivity contribution is 7.92. The van der Waals surface area contributed by atoms with Gasteiger partial charge in [0.25, 0.3) is 0 Å². The maximum absolute atomic E-state index is 16.0. The molecule has 1 amide bonds. The smallest absolute Gasteiger partial charge is 0.407 e. The van der Waals surface area contributed by atoms with Gasteiger partial charge in [0, 0.05) is 31.2 Å². The topological polar surface area (TPSA) is 248 Å². The van der Waals surface area contributed by atoms with Crippen LogP contribution >= 0.6 is 0 Å². The Balaban J connectivity index is 1.46. The highest BCUT2D eigenvalue weighted by Gasteiger charge is 2.38. The molecular formula is C46H52N10O9S2. The number of alkyl carbamates (subject to hydrolysis) is 1. The van der Waals surface area contributed by atoms with Crippen molar-refractivity contribution in [3.8, 4) is 39.8 Å². The molecule has 0 bridgehead atoms. The zero-order chi connectivity index (χ0) is 48.1. The summed E-state index contributed by atoms with van der Waals surface area (Å²) in [4.78, 5) is 20.2. The first-order valence-corrected chi connectivity index (χ1v) is 23.9. The van der Waals surface area contributed by atoms with Gasteiger partial charge in [0.2, 0.25) is 25.9 Å². The molecule has 21 heteroatoms. The van der Waals surface area contributed by atoms with Gasteiger partial charge < -0.3 is 35.0 Å². The molecule has 0 aliphatic rings. The number of nitrogens with two attached hydrogens (primary N) is 1. The van der Waals surface area contributed by atoms with Gasteiger partial charge in [0.05, 0.1) is 44.5 Å². The third-order valence-corrected chi connectivity index (χ3v) is 13.8. The van der Waals surface area contributed by atoms with Gasteiger partial charge in [-0.15, -0.1) is 10.2 Å². The monoisotopic (exact) mass is 952 g/mol. The van der Waals surface area contributed by atoms with E-state index in [1.54, 1.807) is 114 Å². The highest BCUT2D eigenvalue weighted by atomic mass is 32.2. The zero-order valence-electron chi connectivity index (χ0n) is 38.0. The molecule has 0 saturated heterocycles. The van der Waals surface area contributed by atoms with Crippen LogP contribution in [0, 0.1) is 0 Å². The van der Waals surface area contributed by atoms with E-state index in [9.17, 15) is 13.2 Å². The number of aromatic nitrogens is 6. The summed E-state index contributed by atoms with van der Waals surface area (Å²) in [5.41, 5.74) is 8.59.